The highest BCUT2D eigenvalue weighted by Crippen LogP contribution is 2.39. The van der Waals surface area contributed by atoms with Crippen LogP contribution in [0.15, 0.2) is 59.5 Å². The summed E-state index contributed by atoms with van der Waals surface area (Å²) in [5.41, 5.74) is 6.04. The number of hydrogen-bond donors (Lipinski definition) is 2. The molecule has 1 aliphatic carbocycles. The number of carbonyl (C=O) groups excluding carboxylic acids is 1. The van der Waals surface area contributed by atoms with Crippen LogP contribution in [0.3, 0.4) is 0 Å². The molecule has 228 valence electrons. The van der Waals surface area contributed by atoms with Crippen molar-refractivity contribution in [2.45, 2.75) is 78.1 Å². The first-order valence-corrected chi connectivity index (χ1v) is 16.5. The van der Waals surface area contributed by atoms with Crippen LogP contribution in [0.1, 0.15) is 91.7 Å². The van der Waals surface area contributed by atoms with Gasteiger partial charge in [0.1, 0.15) is 4.83 Å². The van der Waals surface area contributed by atoms with Crippen molar-refractivity contribution in [2.24, 2.45) is 11.3 Å². The maximum absolute atomic E-state index is 13.8. The lowest BCUT2D eigenvalue weighted by Gasteiger charge is -2.34. The van der Waals surface area contributed by atoms with E-state index in [1.807, 2.05) is 6.07 Å². The Bertz CT molecular complexity index is 1590. The van der Waals surface area contributed by atoms with Crippen LogP contribution in [0.25, 0.3) is 21.3 Å². The van der Waals surface area contributed by atoms with Crippen LogP contribution in [0.4, 0.5) is 0 Å². The summed E-state index contributed by atoms with van der Waals surface area (Å²) in [4.78, 5) is 37.5. The van der Waals surface area contributed by atoms with Gasteiger partial charge in [-0.1, -0.05) is 51.5 Å². The van der Waals surface area contributed by atoms with E-state index in [-0.39, 0.29) is 23.4 Å². The number of ketones is 1. The number of likely N-dealkylation sites (tertiary alicyclic amines) is 1. The number of aryl methyl sites for hydroxylation is 1. The predicted octanol–water partition coefficient (Wildman–Crippen LogP) is 8.41. The van der Waals surface area contributed by atoms with E-state index in [4.69, 9.17) is 4.98 Å². The van der Waals surface area contributed by atoms with Crippen molar-refractivity contribution in [1.29, 1.82) is 0 Å². The highest BCUT2D eigenvalue weighted by Gasteiger charge is 2.30. The minimum Gasteiger partial charge on any atom is -0.369 e. The number of quaternary nitrogens is 1. The molecule has 0 amide bonds. The summed E-state index contributed by atoms with van der Waals surface area (Å²) in [5.74, 6) is 1.04. The van der Waals surface area contributed by atoms with Crippen LogP contribution in [0.5, 0.6) is 0 Å². The van der Waals surface area contributed by atoms with E-state index in [1.54, 1.807) is 23.6 Å². The maximum atomic E-state index is 13.8. The molecule has 2 atom stereocenters. The number of aromatic nitrogens is 2. The van der Waals surface area contributed by atoms with Crippen molar-refractivity contribution in [1.82, 2.24) is 21.0 Å². The van der Waals surface area contributed by atoms with Crippen LogP contribution in [-0.4, -0.2) is 40.3 Å². The Balaban J connectivity index is 0.00000368. The molecule has 1 fully saturated rings. The number of carbonyl (C=O) groups is 1. The Hall–Kier alpha value is -3.13. The molecule has 0 saturated carbocycles. The molecule has 0 radical (unpaired) electrons. The van der Waals surface area contributed by atoms with Gasteiger partial charge in [0.25, 0.3) is 0 Å². The molecule has 1 saturated heterocycles. The molecular weight excluding hydrogens is 552 g/mol. The van der Waals surface area contributed by atoms with Gasteiger partial charge >= 0.3 is 0 Å². The fraction of sp³-hybridized carbons (Fsp3) is 0.472. The normalized spacial score (nSPS) is 18.2. The topological polar surface area (TPSA) is 103 Å². The summed E-state index contributed by atoms with van der Waals surface area (Å²) < 4.78 is 0. The average molecular weight is 600 g/mol. The first kappa shape index (κ1) is 31.3. The van der Waals surface area contributed by atoms with Gasteiger partial charge in [-0.25, -0.2) is 4.98 Å². The van der Waals surface area contributed by atoms with Gasteiger partial charge in [-0.15, -0.1) is 11.3 Å². The van der Waals surface area contributed by atoms with Gasteiger partial charge < -0.3 is 16.0 Å². The number of fused-ring (bicyclic) bond motifs is 2. The number of thiophene rings is 1. The van der Waals surface area contributed by atoms with Crippen LogP contribution in [0.2, 0.25) is 0 Å². The van der Waals surface area contributed by atoms with E-state index >= 15 is 0 Å². The molecule has 0 unspecified atom stereocenters. The second kappa shape index (κ2) is 13.2. The quantitative estimate of drug-likeness (QED) is 0.198. The lowest BCUT2D eigenvalue weighted by molar-refractivity contribution is 0.0973. The van der Waals surface area contributed by atoms with Gasteiger partial charge in [-0.2, -0.15) is 0 Å². The minimum absolute atomic E-state index is 0. The number of rotatable bonds is 8. The number of pyridine rings is 2. The number of hydrogen-bond acceptors (Lipinski definition) is 5. The number of piperidine rings is 1. The molecule has 4 heterocycles. The Morgan fingerprint density at radius 2 is 1.79 bits per heavy atom. The van der Waals surface area contributed by atoms with E-state index < -0.39 is 0 Å². The van der Waals surface area contributed by atoms with Crippen LogP contribution in [-0.2, 0) is 12.8 Å². The molecule has 6 nitrogen and oxygen atoms in total. The molecule has 43 heavy (non-hydrogen) atoms. The first-order chi connectivity index (χ1) is 20.2. The molecule has 5 N–H and O–H groups in total. The molecule has 4 aromatic rings. The predicted molar refractivity (Wildman–Crippen MR) is 180 cm³/mol. The Morgan fingerprint density at radius 3 is 2.49 bits per heavy atom. The van der Waals surface area contributed by atoms with E-state index in [0.29, 0.717) is 17.8 Å². The summed E-state index contributed by atoms with van der Waals surface area (Å²) in [5, 5.41) is 1.12. The van der Waals surface area contributed by atoms with Gasteiger partial charge in [0.2, 0.25) is 5.56 Å². The zero-order valence-electron chi connectivity index (χ0n) is 26.2. The van der Waals surface area contributed by atoms with Crippen LogP contribution >= 0.6 is 11.3 Å². The fourth-order valence-electron chi connectivity index (χ4n) is 6.77. The zero-order valence-corrected chi connectivity index (χ0v) is 27.1. The SMILES string of the molecule is CC(C)(C)[C@H]1CCc2nc3sc(C(=O)C[C@H](CCN4CCCCC4)c4ccc(-c5ccc(=O)[nH]c5)cc4)cc3cc2C1.[NH4+]. The molecule has 3 aromatic heterocycles. The lowest BCUT2D eigenvalue weighted by atomic mass is 9.71. The summed E-state index contributed by atoms with van der Waals surface area (Å²) in [6.45, 7) is 10.4. The fourth-order valence-corrected chi connectivity index (χ4v) is 7.75. The van der Waals surface area contributed by atoms with Crippen molar-refractivity contribution in [3.63, 3.8) is 0 Å². The molecule has 1 aliphatic heterocycles. The van der Waals surface area contributed by atoms with Crippen LogP contribution < -0.4 is 11.7 Å². The summed E-state index contributed by atoms with van der Waals surface area (Å²) >= 11 is 1.57. The van der Waals surface area contributed by atoms with Crippen molar-refractivity contribution < 1.29 is 4.79 Å². The second-order valence-corrected chi connectivity index (χ2v) is 14.5. The van der Waals surface area contributed by atoms with E-state index in [1.165, 1.54) is 42.5 Å². The van der Waals surface area contributed by atoms with Crippen molar-refractivity contribution in [3.05, 3.63) is 86.8 Å². The second-order valence-electron chi connectivity index (χ2n) is 13.5. The molecule has 0 spiro atoms. The lowest BCUT2D eigenvalue weighted by Crippen LogP contribution is -2.31. The molecule has 7 heteroatoms. The molecule has 1 aromatic carbocycles. The van der Waals surface area contributed by atoms with Crippen molar-refractivity contribution >= 4 is 27.3 Å². The number of aromatic amines is 1. The van der Waals surface area contributed by atoms with E-state index in [9.17, 15) is 9.59 Å². The largest absolute Gasteiger partial charge is 0.369 e. The first-order valence-electron chi connectivity index (χ1n) is 15.7. The number of H-pyrrole nitrogens is 1. The van der Waals surface area contributed by atoms with Crippen molar-refractivity contribution in [3.8, 4) is 11.1 Å². The average Bonchev–Trinajstić information content (AvgIpc) is 3.41. The summed E-state index contributed by atoms with van der Waals surface area (Å²) in [6.07, 6.45) is 10.4. The van der Waals surface area contributed by atoms with Crippen molar-refractivity contribution in [2.75, 3.05) is 19.6 Å². The maximum Gasteiger partial charge on any atom is 0.247 e. The molecule has 2 aliphatic rings. The number of nitrogens with zero attached hydrogens (tertiary/aromatic N) is 2. The van der Waals surface area contributed by atoms with Gasteiger partial charge in [0.15, 0.2) is 5.78 Å². The van der Waals surface area contributed by atoms with Gasteiger partial charge in [0.05, 0.1) is 4.88 Å². The van der Waals surface area contributed by atoms with Crippen LogP contribution in [0, 0.1) is 11.3 Å². The molecule has 6 rings (SSSR count). The van der Waals surface area contributed by atoms with Gasteiger partial charge in [-0.3, -0.25) is 9.59 Å². The number of nitrogens with one attached hydrogen (secondary N) is 1. The number of benzene rings is 1. The highest BCUT2D eigenvalue weighted by atomic mass is 32.1. The van der Waals surface area contributed by atoms with E-state index in [0.717, 1.165) is 65.1 Å². The summed E-state index contributed by atoms with van der Waals surface area (Å²) in [6, 6.07) is 16.4. The smallest absolute Gasteiger partial charge is 0.247 e. The Kier molecular flexibility index (Phi) is 9.64. The minimum atomic E-state index is -0.0997. The third-order valence-corrected chi connectivity index (χ3v) is 10.6. The molecule has 0 bridgehead atoms. The number of Topliss-reactive ketones (excluding diaryl/α,β-unsaturated/α-hetero) is 1. The zero-order chi connectivity index (χ0) is 29.3. The highest BCUT2D eigenvalue weighted by molar-refractivity contribution is 7.20. The Labute approximate surface area is 259 Å². The summed E-state index contributed by atoms with van der Waals surface area (Å²) in [7, 11) is 0. The van der Waals surface area contributed by atoms with Gasteiger partial charge in [-0.05, 0) is 116 Å². The third-order valence-electron chi connectivity index (χ3n) is 9.55. The Morgan fingerprint density at radius 1 is 1.05 bits per heavy atom. The molecular formula is C36H47N4O2S+. The third kappa shape index (κ3) is 7.34. The monoisotopic (exact) mass is 599 g/mol. The van der Waals surface area contributed by atoms with E-state index in [2.05, 4.69) is 67.1 Å². The standard InChI is InChI=1S/C36H43N3O2S.H3N/c1-36(2,3)30-12-13-31-28(20-30)19-29-22-33(42-35(29)38-31)32(40)21-26(15-18-39-16-5-4-6-17-39)24-7-9-25(10-8-24)27-11-14-34(41)37-23-27;/h7-11,14,19,22-23,26,30H,4-6,12-13,15-18,20-21H2,1-3H3,(H,37,41);1H3/p+1/t26-,30-;/m0./s1. The van der Waals surface area contributed by atoms with Gasteiger partial charge in [0, 0.05) is 29.8 Å².